The van der Waals surface area contributed by atoms with Crippen molar-refractivity contribution < 1.29 is 17.2 Å². The third kappa shape index (κ3) is 2.58. The zero-order valence-electron chi connectivity index (χ0n) is 8.66. The minimum absolute atomic E-state index is 0.335. The van der Waals surface area contributed by atoms with Gasteiger partial charge in [0, 0.05) is 20.2 Å². The molecule has 0 aliphatic heterocycles. The summed E-state index contributed by atoms with van der Waals surface area (Å²) in [6.07, 6.45) is 0. The normalized spacial score (nSPS) is 11.8. The molecule has 0 saturated carbocycles. The molecule has 0 aliphatic rings. The maximum Gasteiger partial charge on any atom is 0.301 e. The van der Waals surface area contributed by atoms with Crippen molar-refractivity contribution in [3.05, 3.63) is 23.8 Å². The van der Waals surface area contributed by atoms with Crippen molar-refractivity contribution in [3.8, 4) is 0 Å². The minimum atomic E-state index is -3.84. The topological polar surface area (TPSA) is 75.4 Å². The van der Waals surface area contributed by atoms with Crippen molar-refractivity contribution in [3.63, 3.8) is 0 Å². The van der Waals surface area contributed by atoms with Crippen LogP contribution in [-0.2, 0) is 10.2 Å². The van der Waals surface area contributed by atoms with Gasteiger partial charge in [-0.15, -0.1) is 0 Å². The summed E-state index contributed by atoms with van der Waals surface area (Å²) in [5.74, 6) is -1.97. The van der Waals surface area contributed by atoms with Gasteiger partial charge in [-0.2, -0.15) is 12.7 Å². The van der Waals surface area contributed by atoms with Gasteiger partial charge >= 0.3 is 10.2 Å². The second kappa shape index (κ2) is 4.22. The predicted molar refractivity (Wildman–Crippen MR) is 57.0 cm³/mol. The fourth-order valence-electron chi connectivity index (χ4n) is 0.874. The molecule has 90 valence electrons. The van der Waals surface area contributed by atoms with Crippen LogP contribution in [0.25, 0.3) is 0 Å². The average Bonchev–Trinajstić information content (AvgIpc) is 2.13. The molecule has 0 amide bonds. The first-order valence-electron chi connectivity index (χ1n) is 4.19. The van der Waals surface area contributed by atoms with Gasteiger partial charge in [0.1, 0.15) is 11.6 Å². The molecular formula is C8H11F2N3O2S. The number of benzene rings is 1. The van der Waals surface area contributed by atoms with Crippen LogP contribution in [-0.4, -0.2) is 26.8 Å². The summed E-state index contributed by atoms with van der Waals surface area (Å²) in [6.45, 7) is 0. The van der Waals surface area contributed by atoms with E-state index < -0.39 is 27.5 Å². The Bertz CT molecular complexity index is 502. The monoisotopic (exact) mass is 251 g/mol. The van der Waals surface area contributed by atoms with Gasteiger partial charge in [0.25, 0.3) is 0 Å². The van der Waals surface area contributed by atoms with Crippen molar-refractivity contribution >= 4 is 21.6 Å². The summed E-state index contributed by atoms with van der Waals surface area (Å²) in [5.41, 5.74) is 4.46. The lowest BCUT2D eigenvalue weighted by molar-refractivity contribution is 0.525. The Morgan fingerprint density at radius 3 is 2.31 bits per heavy atom. The van der Waals surface area contributed by atoms with Gasteiger partial charge in [-0.25, -0.2) is 8.78 Å². The first-order valence-corrected chi connectivity index (χ1v) is 5.63. The highest BCUT2D eigenvalue weighted by atomic mass is 32.2. The van der Waals surface area contributed by atoms with Crippen LogP contribution in [0.4, 0.5) is 20.2 Å². The molecule has 0 bridgehead atoms. The van der Waals surface area contributed by atoms with Crippen molar-refractivity contribution in [2.24, 2.45) is 0 Å². The molecule has 0 radical (unpaired) electrons. The number of hydrogen-bond donors (Lipinski definition) is 2. The van der Waals surface area contributed by atoms with E-state index in [1.165, 1.54) is 14.1 Å². The molecule has 0 aromatic heterocycles. The largest absolute Gasteiger partial charge is 0.396 e. The molecule has 0 saturated heterocycles. The van der Waals surface area contributed by atoms with E-state index in [1.54, 1.807) is 0 Å². The van der Waals surface area contributed by atoms with Crippen molar-refractivity contribution in [1.29, 1.82) is 0 Å². The van der Waals surface area contributed by atoms with E-state index in [-0.39, 0.29) is 5.69 Å². The number of rotatable bonds is 3. The van der Waals surface area contributed by atoms with Crippen LogP contribution in [0, 0.1) is 11.6 Å². The molecule has 0 spiro atoms. The van der Waals surface area contributed by atoms with Crippen LogP contribution in [0.2, 0.25) is 0 Å². The second-order valence-corrected chi connectivity index (χ2v) is 5.13. The SMILES string of the molecule is CN(C)S(=O)(=O)Nc1cc(N)c(F)cc1F. The van der Waals surface area contributed by atoms with E-state index in [4.69, 9.17) is 5.73 Å². The summed E-state index contributed by atoms with van der Waals surface area (Å²) in [5, 5.41) is 0. The predicted octanol–water partition coefficient (Wildman–Crippen LogP) is 0.765. The van der Waals surface area contributed by atoms with Gasteiger partial charge in [0.15, 0.2) is 0 Å². The smallest absolute Gasteiger partial charge is 0.301 e. The van der Waals surface area contributed by atoms with E-state index in [0.29, 0.717) is 6.07 Å². The Kier molecular flexibility index (Phi) is 3.34. The Hall–Kier alpha value is -1.41. The lowest BCUT2D eigenvalue weighted by atomic mass is 10.2. The van der Waals surface area contributed by atoms with Gasteiger partial charge in [-0.05, 0) is 6.07 Å². The van der Waals surface area contributed by atoms with Gasteiger partial charge in [-0.1, -0.05) is 0 Å². The second-order valence-electron chi connectivity index (χ2n) is 3.24. The summed E-state index contributed by atoms with van der Waals surface area (Å²) in [4.78, 5) is 0. The lowest BCUT2D eigenvalue weighted by Crippen LogP contribution is -2.29. The lowest BCUT2D eigenvalue weighted by Gasteiger charge is -2.14. The Balaban J connectivity index is 3.13. The maximum absolute atomic E-state index is 13.2. The molecule has 1 aromatic rings. The molecule has 1 rings (SSSR count). The standard InChI is InChI=1S/C8H11F2N3O2S/c1-13(2)16(14,15)12-8-4-7(11)5(9)3-6(8)10/h3-4,12H,11H2,1-2H3. The van der Waals surface area contributed by atoms with E-state index in [1.807, 2.05) is 4.72 Å². The summed E-state index contributed by atoms with van der Waals surface area (Å²) in [7, 11) is -1.30. The number of nitrogens with zero attached hydrogens (tertiary/aromatic N) is 1. The van der Waals surface area contributed by atoms with Gasteiger partial charge in [-0.3, -0.25) is 4.72 Å². The average molecular weight is 251 g/mol. The van der Waals surface area contributed by atoms with Gasteiger partial charge in [0.2, 0.25) is 0 Å². The van der Waals surface area contributed by atoms with Gasteiger partial charge in [0.05, 0.1) is 11.4 Å². The summed E-state index contributed by atoms with van der Waals surface area (Å²) >= 11 is 0. The third-order valence-corrected chi connectivity index (χ3v) is 3.25. The fraction of sp³-hybridized carbons (Fsp3) is 0.250. The zero-order chi connectivity index (χ0) is 12.5. The Labute approximate surface area is 92.0 Å². The molecular weight excluding hydrogens is 240 g/mol. The number of nitrogens with two attached hydrogens (primary N) is 1. The third-order valence-electron chi connectivity index (χ3n) is 1.81. The quantitative estimate of drug-likeness (QED) is 0.779. The fourth-order valence-corrected chi connectivity index (χ4v) is 1.49. The van der Waals surface area contributed by atoms with Crippen molar-refractivity contribution in [2.75, 3.05) is 24.6 Å². The Morgan fingerprint density at radius 1 is 1.25 bits per heavy atom. The van der Waals surface area contributed by atoms with Crippen LogP contribution in [0.5, 0.6) is 0 Å². The number of nitrogens with one attached hydrogen (secondary N) is 1. The molecule has 1 aromatic carbocycles. The first kappa shape index (κ1) is 12.7. The molecule has 8 heteroatoms. The van der Waals surface area contributed by atoms with Gasteiger partial charge < -0.3 is 5.73 Å². The van der Waals surface area contributed by atoms with Crippen LogP contribution < -0.4 is 10.5 Å². The van der Waals surface area contributed by atoms with E-state index in [0.717, 1.165) is 10.4 Å². The molecule has 0 aliphatic carbocycles. The minimum Gasteiger partial charge on any atom is -0.396 e. The highest BCUT2D eigenvalue weighted by molar-refractivity contribution is 7.90. The van der Waals surface area contributed by atoms with Crippen LogP contribution in [0.1, 0.15) is 0 Å². The first-order chi connectivity index (χ1) is 7.24. The number of nitrogen functional groups attached to an aromatic ring is 1. The molecule has 0 fully saturated rings. The summed E-state index contributed by atoms with van der Waals surface area (Å²) in [6, 6.07) is 1.40. The van der Waals surface area contributed by atoms with E-state index in [2.05, 4.69) is 0 Å². The summed E-state index contributed by atoms with van der Waals surface area (Å²) < 4.78 is 51.5. The molecule has 3 N–H and O–H groups in total. The number of halogens is 2. The molecule has 5 nitrogen and oxygen atoms in total. The highest BCUT2D eigenvalue weighted by Crippen LogP contribution is 2.22. The Morgan fingerprint density at radius 2 is 1.81 bits per heavy atom. The van der Waals surface area contributed by atoms with Crippen LogP contribution >= 0.6 is 0 Å². The number of anilines is 2. The zero-order valence-corrected chi connectivity index (χ0v) is 9.48. The maximum atomic E-state index is 13.2. The highest BCUT2D eigenvalue weighted by Gasteiger charge is 2.16. The van der Waals surface area contributed by atoms with E-state index >= 15 is 0 Å². The number of hydrogen-bond acceptors (Lipinski definition) is 3. The molecule has 0 unspecified atom stereocenters. The molecule has 16 heavy (non-hydrogen) atoms. The van der Waals surface area contributed by atoms with E-state index in [9.17, 15) is 17.2 Å². The molecule has 0 atom stereocenters. The van der Waals surface area contributed by atoms with Crippen molar-refractivity contribution in [2.45, 2.75) is 0 Å². The van der Waals surface area contributed by atoms with Crippen LogP contribution in [0.3, 0.4) is 0 Å². The van der Waals surface area contributed by atoms with Crippen LogP contribution in [0.15, 0.2) is 12.1 Å². The van der Waals surface area contributed by atoms with Crippen molar-refractivity contribution in [1.82, 2.24) is 4.31 Å². The molecule has 0 heterocycles.